The molecule has 1 aliphatic rings. The number of nitrogens with zero attached hydrogens (tertiary/aromatic N) is 1. The molecule has 1 fully saturated rings. The molecule has 2 N–H and O–H groups in total. The summed E-state index contributed by atoms with van der Waals surface area (Å²) in [5.41, 5.74) is -0.126. The number of hydrogen-bond donors (Lipinski definition) is 2. The second-order valence-corrected chi connectivity index (χ2v) is 5.68. The number of aliphatic hydroxyl groups is 1. The van der Waals surface area contributed by atoms with Crippen molar-refractivity contribution in [2.75, 3.05) is 6.61 Å². The van der Waals surface area contributed by atoms with Crippen molar-refractivity contribution in [3.05, 3.63) is 42.2 Å². The third kappa shape index (κ3) is 2.27. The molecule has 0 spiro atoms. The maximum Gasteiger partial charge on any atom is 0.271 e. The fourth-order valence-corrected chi connectivity index (χ4v) is 2.61. The molecule has 1 amide bonds. The summed E-state index contributed by atoms with van der Waals surface area (Å²) in [6.45, 7) is 1.85. The monoisotopic (exact) mass is 270 g/mol. The topological polar surface area (TPSA) is 62.2 Å². The van der Waals surface area contributed by atoms with Crippen LogP contribution in [0.5, 0.6) is 0 Å². The molecule has 1 unspecified atom stereocenters. The predicted molar refractivity (Wildman–Crippen MR) is 77.4 cm³/mol. The molecular weight excluding hydrogens is 252 g/mol. The molecule has 0 saturated heterocycles. The van der Waals surface area contributed by atoms with Gasteiger partial charge in [0.05, 0.1) is 12.1 Å². The van der Waals surface area contributed by atoms with Crippen LogP contribution in [0, 0.1) is 5.92 Å². The number of nitrogens with one attached hydrogen (secondary N) is 1. The van der Waals surface area contributed by atoms with Crippen molar-refractivity contribution in [3.63, 3.8) is 0 Å². The van der Waals surface area contributed by atoms with Crippen LogP contribution in [-0.2, 0) is 0 Å². The number of pyridine rings is 1. The van der Waals surface area contributed by atoms with Gasteiger partial charge in [0, 0.05) is 11.6 Å². The first-order valence-corrected chi connectivity index (χ1v) is 6.91. The highest BCUT2D eigenvalue weighted by atomic mass is 16.3. The molecule has 1 atom stereocenters. The van der Waals surface area contributed by atoms with E-state index in [1.54, 1.807) is 6.20 Å². The minimum atomic E-state index is -0.546. The molecule has 104 valence electrons. The van der Waals surface area contributed by atoms with Gasteiger partial charge < -0.3 is 10.4 Å². The Balaban J connectivity index is 1.93. The Morgan fingerprint density at radius 1 is 1.40 bits per heavy atom. The van der Waals surface area contributed by atoms with E-state index in [0.717, 1.165) is 23.6 Å². The van der Waals surface area contributed by atoms with Crippen LogP contribution < -0.4 is 5.32 Å². The van der Waals surface area contributed by atoms with E-state index in [-0.39, 0.29) is 12.5 Å². The summed E-state index contributed by atoms with van der Waals surface area (Å²) in [5.74, 6) is 0.150. The van der Waals surface area contributed by atoms with Gasteiger partial charge in [0.2, 0.25) is 0 Å². The molecule has 3 rings (SSSR count). The summed E-state index contributed by atoms with van der Waals surface area (Å²) >= 11 is 0. The number of rotatable bonds is 4. The third-order valence-electron chi connectivity index (χ3n) is 4.09. The maximum absolute atomic E-state index is 12.5. The number of aromatic nitrogens is 1. The zero-order valence-corrected chi connectivity index (χ0v) is 11.5. The van der Waals surface area contributed by atoms with Gasteiger partial charge in [-0.2, -0.15) is 0 Å². The largest absolute Gasteiger partial charge is 0.394 e. The van der Waals surface area contributed by atoms with E-state index in [0.29, 0.717) is 11.6 Å². The van der Waals surface area contributed by atoms with Crippen molar-refractivity contribution in [2.45, 2.75) is 25.3 Å². The normalized spacial score (nSPS) is 17.7. The Bertz CT molecular complexity index is 646. The van der Waals surface area contributed by atoms with Gasteiger partial charge in [-0.25, -0.2) is 0 Å². The molecule has 4 heteroatoms. The minimum Gasteiger partial charge on any atom is -0.394 e. The van der Waals surface area contributed by atoms with Crippen molar-refractivity contribution in [1.29, 1.82) is 0 Å². The summed E-state index contributed by atoms with van der Waals surface area (Å²) < 4.78 is 0. The smallest absolute Gasteiger partial charge is 0.271 e. The summed E-state index contributed by atoms with van der Waals surface area (Å²) in [7, 11) is 0. The molecule has 0 bridgehead atoms. The molecule has 4 nitrogen and oxygen atoms in total. The molecule has 2 aromatic rings. The lowest BCUT2D eigenvalue weighted by Crippen LogP contribution is -2.51. The summed E-state index contributed by atoms with van der Waals surface area (Å²) in [6, 6.07) is 9.57. The van der Waals surface area contributed by atoms with Crippen LogP contribution >= 0.6 is 0 Å². The zero-order chi connectivity index (χ0) is 14.2. The fourth-order valence-electron chi connectivity index (χ4n) is 2.61. The van der Waals surface area contributed by atoms with Crippen LogP contribution in [0.15, 0.2) is 36.5 Å². The van der Waals surface area contributed by atoms with Gasteiger partial charge in [-0.1, -0.05) is 24.3 Å². The molecular formula is C16H18N2O2. The van der Waals surface area contributed by atoms with Gasteiger partial charge in [0.25, 0.3) is 5.91 Å². The van der Waals surface area contributed by atoms with E-state index in [1.807, 2.05) is 37.3 Å². The van der Waals surface area contributed by atoms with Crippen LogP contribution in [0.4, 0.5) is 0 Å². The number of benzene rings is 1. The third-order valence-corrected chi connectivity index (χ3v) is 4.09. The Hall–Kier alpha value is -1.94. The predicted octanol–water partition coefficient (Wildman–Crippen LogP) is 2.13. The lowest BCUT2D eigenvalue weighted by atomic mass is 9.96. The lowest BCUT2D eigenvalue weighted by Gasteiger charge is -2.28. The summed E-state index contributed by atoms with van der Waals surface area (Å²) in [4.78, 5) is 16.7. The van der Waals surface area contributed by atoms with E-state index >= 15 is 0 Å². The molecule has 1 heterocycles. The minimum absolute atomic E-state index is 0.0474. The molecule has 0 aliphatic heterocycles. The maximum atomic E-state index is 12.5. The van der Waals surface area contributed by atoms with Crippen molar-refractivity contribution < 1.29 is 9.90 Å². The van der Waals surface area contributed by atoms with E-state index in [2.05, 4.69) is 10.3 Å². The Morgan fingerprint density at radius 3 is 2.85 bits per heavy atom. The number of carbonyl (C=O) groups is 1. The van der Waals surface area contributed by atoms with Gasteiger partial charge >= 0.3 is 0 Å². The van der Waals surface area contributed by atoms with Gasteiger partial charge in [0.1, 0.15) is 5.69 Å². The molecule has 20 heavy (non-hydrogen) atoms. The van der Waals surface area contributed by atoms with E-state index in [4.69, 9.17) is 0 Å². The molecule has 1 aromatic heterocycles. The van der Waals surface area contributed by atoms with Crippen LogP contribution in [0.25, 0.3) is 10.8 Å². The fraction of sp³-hybridized carbons (Fsp3) is 0.375. The van der Waals surface area contributed by atoms with Crippen molar-refractivity contribution in [3.8, 4) is 0 Å². The number of amides is 1. The second-order valence-electron chi connectivity index (χ2n) is 5.68. The first kappa shape index (κ1) is 13.1. The Kier molecular flexibility index (Phi) is 3.18. The van der Waals surface area contributed by atoms with Gasteiger partial charge in [-0.3, -0.25) is 9.78 Å². The standard InChI is InChI=1S/C16H18N2O2/c1-16(10-19,12-6-7-12)18-15(20)14-13-5-3-2-4-11(13)8-9-17-14/h2-5,8-9,12,19H,6-7,10H2,1H3,(H,18,20). The highest BCUT2D eigenvalue weighted by molar-refractivity contribution is 6.05. The highest BCUT2D eigenvalue weighted by Gasteiger charge is 2.42. The van der Waals surface area contributed by atoms with E-state index in [9.17, 15) is 9.90 Å². The second kappa shape index (κ2) is 4.87. The highest BCUT2D eigenvalue weighted by Crippen LogP contribution is 2.39. The van der Waals surface area contributed by atoms with Crippen molar-refractivity contribution in [1.82, 2.24) is 10.3 Å². The SMILES string of the molecule is CC(CO)(NC(=O)c1nccc2ccccc12)C1CC1. The number of fused-ring (bicyclic) bond motifs is 1. The van der Waals surface area contributed by atoms with Crippen molar-refractivity contribution in [2.24, 2.45) is 5.92 Å². The van der Waals surface area contributed by atoms with Gasteiger partial charge in [0.15, 0.2) is 0 Å². The number of hydrogen-bond acceptors (Lipinski definition) is 3. The number of carbonyl (C=O) groups excluding carboxylic acids is 1. The summed E-state index contributed by atoms with van der Waals surface area (Å²) in [5, 5.41) is 14.4. The molecule has 1 aliphatic carbocycles. The van der Waals surface area contributed by atoms with Crippen LogP contribution in [0.1, 0.15) is 30.3 Å². The lowest BCUT2D eigenvalue weighted by molar-refractivity contribution is 0.0821. The van der Waals surface area contributed by atoms with Gasteiger partial charge in [-0.05, 0) is 37.1 Å². The van der Waals surface area contributed by atoms with Gasteiger partial charge in [-0.15, -0.1) is 0 Å². The molecule has 0 radical (unpaired) electrons. The van der Waals surface area contributed by atoms with Crippen LogP contribution in [0.2, 0.25) is 0 Å². The van der Waals surface area contributed by atoms with E-state index in [1.165, 1.54) is 0 Å². The molecule has 1 saturated carbocycles. The zero-order valence-electron chi connectivity index (χ0n) is 11.5. The quantitative estimate of drug-likeness (QED) is 0.894. The first-order chi connectivity index (χ1) is 9.64. The average molecular weight is 270 g/mol. The Labute approximate surface area is 117 Å². The van der Waals surface area contributed by atoms with E-state index < -0.39 is 5.54 Å². The summed E-state index contributed by atoms with van der Waals surface area (Å²) in [6.07, 6.45) is 3.76. The van der Waals surface area contributed by atoms with Crippen LogP contribution in [0.3, 0.4) is 0 Å². The number of aliphatic hydroxyl groups excluding tert-OH is 1. The average Bonchev–Trinajstić information content (AvgIpc) is 3.31. The first-order valence-electron chi connectivity index (χ1n) is 6.91. The van der Waals surface area contributed by atoms with Crippen molar-refractivity contribution >= 4 is 16.7 Å². The van der Waals surface area contributed by atoms with Crippen LogP contribution in [-0.4, -0.2) is 28.1 Å². The Morgan fingerprint density at radius 2 is 2.15 bits per heavy atom. The molecule has 1 aromatic carbocycles.